The largest absolute Gasteiger partial charge is 0.463 e. The molecule has 0 radical (unpaired) electrons. The van der Waals surface area contributed by atoms with Gasteiger partial charge in [-0.1, -0.05) is 18.5 Å². The van der Waals surface area contributed by atoms with Crippen molar-refractivity contribution in [3.63, 3.8) is 0 Å². The van der Waals surface area contributed by atoms with Crippen LogP contribution in [0.5, 0.6) is 0 Å². The summed E-state index contributed by atoms with van der Waals surface area (Å²) in [4.78, 5) is 11.9. The van der Waals surface area contributed by atoms with Gasteiger partial charge in [-0.3, -0.25) is 9.48 Å². The molecule has 0 aromatic carbocycles. The normalized spacial score (nSPS) is 11.1. The predicted molar refractivity (Wildman–Crippen MR) is 71.4 cm³/mol. The zero-order chi connectivity index (χ0) is 13.8. The fraction of sp³-hybridized carbons (Fsp3) is 0.250. The smallest absolute Gasteiger partial charge is 0.291 e. The van der Waals surface area contributed by atoms with Crippen LogP contribution < -0.4 is 5.43 Å². The van der Waals surface area contributed by atoms with Gasteiger partial charge < -0.3 is 4.42 Å². The van der Waals surface area contributed by atoms with E-state index in [1.54, 1.807) is 19.2 Å². The molecule has 6 nitrogen and oxygen atoms in total. The van der Waals surface area contributed by atoms with Crippen molar-refractivity contribution in [2.24, 2.45) is 12.1 Å². The Morgan fingerprint density at radius 3 is 3.05 bits per heavy atom. The number of rotatable bonds is 4. The van der Waals surface area contributed by atoms with Crippen molar-refractivity contribution in [3.8, 4) is 0 Å². The first-order valence-corrected chi connectivity index (χ1v) is 6.09. The van der Waals surface area contributed by atoms with Gasteiger partial charge in [0.25, 0.3) is 5.91 Å². The van der Waals surface area contributed by atoms with Crippen LogP contribution in [-0.4, -0.2) is 21.9 Å². The third kappa shape index (κ3) is 2.85. The maximum atomic E-state index is 11.9. The van der Waals surface area contributed by atoms with Crippen LogP contribution in [0.3, 0.4) is 0 Å². The molecule has 0 bridgehead atoms. The lowest BCUT2D eigenvalue weighted by Gasteiger charge is -2.00. The number of amides is 1. The summed E-state index contributed by atoms with van der Waals surface area (Å²) < 4.78 is 6.49. The minimum absolute atomic E-state index is 0.287. The maximum absolute atomic E-state index is 11.9. The minimum atomic E-state index is -0.414. The standard InChI is InChI=1S/C12H13ClN4O2/c1-3-9-10(13)11(17(2)16-9)12(18)15-14-7-8-5-4-6-19-8/h4-7H,3H2,1-2H3,(H,15,18)/b14-7+. The van der Waals surface area contributed by atoms with E-state index in [0.29, 0.717) is 22.9 Å². The van der Waals surface area contributed by atoms with Gasteiger partial charge in [-0.15, -0.1) is 0 Å². The highest BCUT2D eigenvalue weighted by molar-refractivity contribution is 6.34. The van der Waals surface area contributed by atoms with E-state index >= 15 is 0 Å². The molecule has 0 aliphatic carbocycles. The molecule has 2 aromatic rings. The van der Waals surface area contributed by atoms with Crippen LogP contribution in [0.25, 0.3) is 0 Å². The van der Waals surface area contributed by atoms with E-state index in [0.717, 1.165) is 0 Å². The second kappa shape index (κ2) is 5.71. The second-order valence-electron chi connectivity index (χ2n) is 3.80. The SMILES string of the molecule is CCc1nn(C)c(C(=O)N/N=C/c2ccco2)c1Cl. The van der Waals surface area contributed by atoms with Crippen LogP contribution in [0, 0.1) is 0 Å². The van der Waals surface area contributed by atoms with E-state index in [1.807, 2.05) is 6.92 Å². The van der Waals surface area contributed by atoms with Gasteiger partial charge in [0.05, 0.1) is 23.2 Å². The summed E-state index contributed by atoms with van der Waals surface area (Å²) >= 11 is 6.09. The quantitative estimate of drug-likeness (QED) is 0.688. The molecule has 2 heterocycles. The van der Waals surface area contributed by atoms with Crippen molar-refractivity contribution >= 4 is 23.7 Å². The molecule has 7 heteroatoms. The van der Waals surface area contributed by atoms with Gasteiger partial charge >= 0.3 is 0 Å². The van der Waals surface area contributed by atoms with Crippen molar-refractivity contribution in [1.29, 1.82) is 0 Å². The molecule has 0 unspecified atom stereocenters. The molecule has 19 heavy (non-hydrogen) atoms. The van der Waals surface area contributed by atoms with E-state index in [4.69, 9.17) is 16.0 Å². The lowest BCUT2D eigenvalue weighted by molar-refractivity contribution is 0.0946. The zero-order valence-electron chi connectivity index (χ0n) is 10.6. The van der Waals surface area contributed by atoms with E-state index in [-0.39, 0.29) is 5.69 Å². The molecule has 0 spiro atoms. The van der Waals surface area contributed by atoms with Crippen LogP contribution in [0.1, 0.15) is 28.9 Å². The average molecular weight is 281 g/mol. The molecular weight excluding hydrogens is 268 g/mol. The molecule has 100 valence electrons. The highest BCUT2D eigenvalue weighted by Gasteiger charge is 2.19. The summed E-state index contributed by atoms with van der Waals surface area (Å²) in [6, 6.07) is 3.45. The molecule has 0 saturated carbocycles. The number of nitrogens with one attached hydrogen (secondary N) is 1. The monoisotopic (exact) mass is 280 g/mol. The average Bonchev–Trinajstić information content (AvgIpc) is 2.97. The maximum Gasteiger partial charge on any atom is 0.291 e. The number of hydrogen-bond donors (Lipinski definition) is 1. The molecule has 0 aliphatic rings. The number of nitrogens with zero attached hydrogens (tertiary/aromatic N) is 3. The number of hydrogen-bond acceptors (Lipinski definition) is 4. The molecule has 1 amide bonds. The number of carbonyl (C=O) groups excluding carboxylic acids is 1. The topological polar surface area (TPSA) is 72.4 Å². The van der Waals surface area contributed by atoms with Crippen molar-refractivity contribution in [2.45, 2.75) is 13.3 Å². The van der Waals surface area contributed by atoms with Gasteiger partial charge in [-0.2, -0.15) is 10.2 Å². The first-order valence-electron chi connectivity index (χ1n) is 5.71. The molecule has 0 atom stereocenters. The van der Waals surface area contributed by atoms with E-state index in [1.165, 1.54) is 17.2 Å². The molecule has 2 aromatic heterocycles. The Hall–Kier alpha value is -2.08. The minimum Gasteiger partial charge on any atom is -0.463 e. The first-order chi connectivity index (χ1) is 9.13. The van der Waals surface area contributed by atoms with Gasteiger partial charge in [0.2, 0.25) is 0 Å². The van der Waals surface area contributed by atoms with Gasteiger partial charge in [-0.05, 0) is 18.6 Å². The number of aryl methyl sites for hydroxylation is 2. The Bertz CT molecular complexity index is 602. The van der Waals surface area contributed by atoms with E-state index in [9.17, 15) is 4.79 Å². The number of aromatic nitrogens is 2. The van der Waals surface area contributed by atoms with E-state index < -0.39 is 5.91 Å². The van der Waals surface area contributed by atoms with Crippen molar-refractivity contribution in [3.05, 3.63) is 40.6 Å². The van der Waals surface area contributed by atoms with Crippen LogP contribution >= 0.6 is 11.6 Å². The Morgan fingerprint density at radius 1 is 1.68 bits per heavy atom. The summed E-state index contributed by atoms with van der Waals surface area (Å²) in [5.74, 6) is 0.133. The fourth-order valence-electron chi connectivity index (χ4n) is 1.60. The lowest BCUT2D eigenvalue weighted by Crippen LogP contribution is -2.21. The lowest BCUT2D eigenvalue weighted by atomic mass is 10.3. The van der Waals surface area contributed by atoms with Crippen LogP contribution in [0.4, 0.5) is 0 Å². The second-order valence-corrected chi connectivity index (χ2v) is 4.18. The molecular formula is C12H13ClN4O2. The van der Waals surface area contributed by atoms with Gasteiger partial charge in [0.15, 0.2) is 0 Å². The summed E-state index contributed by atoms with van der Waals surface area (Å²) in [5, 5.41) is 8.31. The summed E-state index contributed by atoms with van der Waals surface area (Å²) in [6.07, 6.45) is 3.59. The molecule has 0 saturated heterocycles. The van der Waals surface area contributed by atoms with Gasteiger partial charge in [0.1, 0.15) is 11.5 Å². The number of furan rings is 1. The highest BCUT2D eigenvalue weighted by Crippen LogP contribution is 2.20. The van der Waals surface area contributed by atoms with Crippen LogP contribution in [-0.2, 0) is 13.5 Å². The Labute approximate surface area is 115 Å². The van der Waals surface area contributed by atoms with Crippen molar-refractivity contribution in [1.82, 2.24) is 15.2 Å². The number of hydrazone groups is 1. The summed E-state index contributed by atoms with van der Waals surface area (Å²) in [7, 11) is 1.66. The van der Waals surface area contributed by atoms with E-state index in [2.05, 4.69) is 15.6 Å². The molecule has 1 N–H and O–H groups in total. The third-order valence-electron chi connectivity index (χ3n) is 2.51. The zero-order valence-corrected chi connectivity index (χ0v) is 11.3. The number of halogens is 1. The summed E-state index contributed by atoms with van der Waals surface area (Å²) in [6.45, 7) is 1.92. The predicted octanol–water partition coefficient (Wildman–Crippen LogP) is 1.99. The van der Waals surface area contributed by atoms with Crippen LogP contribution in [0.2, 0.25) is 5.02 Å². The first kappa shape index (κ1) is 13.4. The Morgan fingerprint density at radius 2 is 2.47 bits per heavy atom. The molecule has 0 fully saturated rings. The van der Waals surface area contributed by atoms with Crippen LogP contribution in [0.15, 0.2) is 27.9 Å². The highest BCUT2D eigenvalue weighted by atomic mass is 35.5. The fourth-order valence-corrected chi connectivity index (χ4v) is 1.98. The van der Waals surface area contributed by atoms with Gasteiger partial charge in [0, 0.05) is 7.05 Å². The Kier molecular flexibility index (Phi) is 4.01. The molecule has 0 aliphatic heterocycles. The number of carbonyl (C=O) groups is 1. The Balaban J connectivity index is 2.10. The third-order valence-corrected chi connectivity index (χ3v) is 2.90. The van der Waals surface area contributed by atoms with Gasteiger partial charge in [-0.25, -0.2) is 5.43 Å². The van der Waals surface area contributed by atoms with Crippen molar-refractivity contribution in [2.75, 3.05) is 0 Å². The molecule has 2 rings (SSSR count). The summed E-state index contributed by atoms with van der Waals surface area (Å²) in [5.41, 5.74) is 3.35. The van der Waals surface area contributed by atoms with Crippen molar-refractivity contribution < 1.29 is 9.21 Å².